The zero-order valence-electron chi connectivity index (χ0n) is 18.8. The van der Waals surface area contributed by atoms with Gasteiger partial charge in [0.15, 0.2) is 25.0 Å². The summed E-state index contributed by atoms with van der Waals surface area (Å²) < 4.78 is 20.0. The lowest BCUT2D eigenvalue weighted by molar-refractivity contribution is -0.117. The monoisotopic (exact) mass is 435 g/mol. The molecule has 26 heavy (non-hydrogen) atoms. The highest BCUT2D eigenvalue weighted by Crippen LogP contribution is 2.30. The predicted molar refractivity (Wildman–Crippen MR) is 121 cm³/mol. The Morgan fingerprint density at radius 2 is 1.23 bits per heavy atom. The molecular formula is C17H41NO4Si4. The fourth-order valence-electron chi connectivity index (χ4n) is 2.54. The molecule has 0 rings (SSSR count). The van der Waals surface area contributed by atoms with E-state index in [4.69, 9.17) is 12.3 Å². The van der Waals surface area contributed by atoms with E-state index in [-0.39, 0.29) is 5.91 Å². The van der Waals surface area contributed by atoms with E-state index in [0.29, 0.717) is 0 Å². The molecular weight excluding hydrogens is 395 g/mol. The van der Waals surface area contributed by atoms with Gasteiger partial charge in [-0.25, -0.2) is 0 Å². The fraction of sp³-hybridized carbons (Fsp3) is 0.824. The van der Waals surface area contributed by atoms with Crippen LogP contribution in [0.2, 0.25) is 65.0 Å². The van der Waals surface area contributed by atoms with Crippen LogP contribution in [0.25, 0.3) is 0 Å². The van der Waals surface area contributed by atoms with Crippen LogP contribution in [0.1, 0.15) is 19.8 Å². The molecule has 1 amide bonds. The molecule has 5 nitrogen and oxygen atoms in total. The first-order valence-corrected chi connectivity index (χ1v) is 21.6. The summed E-state index contributed by atoms with van der Waals surface area (Å²) in [6.45, 7) is 21.6. The highest BCUT2D eigenvalue weighted by Gasteiger charge is 2.49. The minimum Gasteiger partial charge on any atom is -0.417 e. The summed E-state index contributed by atoms with van der Waals surface area (Å²) in [4.78, 5) is 11.6. The molecule has 154 valence electrons. The maximum atomic E-state index is 11.6. The minimum atomic E-state index is -2.75. The van der Waals surface area contributed by atoms with Gasteiger partial charge in [0.1, 0.15) is 0 Å². The highest BCUT2D eigenvalue weighted by atomic mass is 28.5. The molecule has 0 aromatic rings. The molecule has 0 bridgehead atoms. The molecule has 1 N–H and O–H groups in total. The number of carbonyl (C=O) groups is 1. The smallest absolute Gasteiger partial charge is 0.417 e. The Labute approximate surface area is 165 Å². The van der Waals surface area contributed by atoms with Crippen LogP contribution in [-0.4, -0.2) is 46.7 Å². The van der Waals surface area contributed by atoms with E-state index in [9.17, 15) is 4.79 Å². The normalized spacial score (nSPS) is 14.5. The molecule has 0 fully saturated rings. The van der Waals surface area contributed by atoms with Crippen LogP contribution in [0.5, 0.6) is 0 Å². The van der Waals surface area contributed by atoms with Gasteiger partial charge in [-0.05, 0) is 78.7 Å². The van der Waals surface area contributed by atoms with Crippen molar-refractivity contribution in [1.82, 2.24) is 5.32 Å². The van der Waals surface area contributed by atoms with Crippen molar-refractivity contribution in [2.75, 3.05) is 7.05 Å². The molecule has 0 unspecified atom stereocenters. The summed E-state index contributed by atoms with van der Waals surface area (Å²) in [6, 6.07) is 0.809. The molecule has 0 aromatic heterocycles. The summed E-state index contributed by atoms with van der Waals surface area (Å²) in [7, 11) is -6.56. The van der Waals surface area contributed by atoms with Crippen molar-refractivity contribution in [2.45, 2.75) is 84.7 Å². The van der Waals surface area contributed by atoms with Gasteiger partial charge < -0.3 is 17.7 Å². The van der Waals surface area contributed by atoms with Crippen molar-refractivity contribution >= 4 is 39.7 Å². The predicted octanol–water partition coefficient (Wildman–Crippen LogP) is 4.95. The topological polar surface area (TPSA) is 56.8 Å². The van der Waals surface area contributed by atoms with E-state index in [2.05, 4.69) is 64.2 Å². The maximum absolute atomic E-state index is 11.6. The third kappa shape index (κ3) is 12.4. The summed E-state index contributed by atoms with van der Waals surface area (Å²) in [5, 5.41) is 2.66. The molecule has 0 radical (unpaired) electrons. The van der Waals surface area contributed by atoms with Crippen LogP contribution in [-0.2, 0) is 17.1 Å². The number of carbonyl (C=O) groups excluding carboxylic acids is 1. The van der Waals surface area contributed by atoms with Crippen LogP contribution < -0.4 is 5.32 Å². The van der Waals surface area contributed by atoms with Gasteiger partial charge in [-0.15, -0.1) is 0 Å². The lowest BCUT2D eigenvalue weighted by atomic mass is 10.2. The Kier molecular flexibility index (Phi) is 9.93. The quantitative estimate of drug-likeness (QED) is 0.283. The first-order chi connectivity index (χ1) is 11.5. The third-order valence-electron chi connectivity index (χ3n) is 3.11. The van der Waals surface area contributed by atoms with Crippen LogP contribution in [0.3, 0.4) is 0 Å². The number of nitrogens with one attached hydrogen (secondary N) is 1. The average molecular weight is 436 g/mol. The zero-order valence-corrected chi connectivity index (χ0v) is 22.8. The summed E-state index contributed by atoms with van der Waals surface area (Å²) in [5.41, 5.74) is 0.753. The fourth-order valence-corrected chi connectivity index (χ4v) is 17.2. The van der Waals surface area contributed by atoms with Gasteiger partial charge in [-0.3, -0.25) is 4.79 Å². The number of amides is 1. The zero-order chi connectivity index (χ0) is 20.8. The average Bonchev–Trinajstić information content (AvgIpc) is 2.36. The van der Waals surface area contributed by atoms with Crippen LogP contribution >= 0.6 is 0 Å². The minimum absolute atomic E-state index is 0.0245. The molecule has 0 aliphatic rings. The molecule has 0 saturated carbocycles. The Balaban J connectivity index is 5.42. The molecule has 0 heterocycles. The standard InChI is InChI=1S/C17H41NO4Si4/c1-16(17(19)18-2)14-12-13-15-26(20-23(3,4)5,21-24(6,7)8)22-25(9,10)11/h14H,12-13,15H2,1-11H3,(H,18,19). The van der Waals surface area contributed by atoms with Crippen LogP contribution in [0.4, 0.5) is 0 Å². The van der Waals surface area contributed by atoms with Crippen molar-refractivity contribution in [1.29, 1.82) is 0 Å². The molecule has 0 atom stereocenters. The van der Waals surface area contributed by atoms with Gasteiger partial charge in [0.05, 0.1) is 0 Å². The molecule has 9 heteroatoms. The Morgan fingerprint density at radius 3 is 1.54 bits per heavy atom. The first-order valence-electron chi connectivity index (χ1n) is 9.48. The number of unbranched alkanes of at least 4 members (excludes halogenated alkanes) is 1. The Bertz CT molecular complexity index is 450. The number of likely N-dealkylation sites (N-methyl/N-ethyl adjacent to an activating group) is 1. The second kappa shape index (κ2) is 9.94. The maximum Gasteiger partial charge on any atom is 0.469 e. The first kappa shape index (κ1) is 26.0. The van der Waals surface area contributed by atoms with Gasteiger partial charge >= 0.3 is 8.80 Å². The van der Waals surface area contributed by atoms with Crippen molar-refractivity contribution in [3.05, 3.63) is 11.6 Å². The number of hydrogen-bond donors (Lipinski definition) is 1. The van der Waals surface area contributed by atoms with E-state index in [1.165, 1.54) is 0 Å². The van der Waals surface area contributed by atoms with E-state index in [1.807, 2.05) is 13.0 Å². The second-order valence-electron chi connectivity index (χ2n) is 9.68. The van der Waals surface area contributed by atoms with E-state index in [1.54, 1.807) is 7.05 Å². The Hall–Kier alpha value is -0.0425. The van der Waals surface area contributed by atoms with Crippen LogP contribution in [0.15, 0.2) is 11.6 Å². The van der Waals surface area contributed by atoms with Gasteiger partial charge in [0.2, 0.25) is 5.91 Å². The second-order valence-corrected chi connectivity index (χ2v) is 26.7. The van der Waals surface area contributed by atoms with E-state index < -0.39 is 33.8 Å². The summed E-state index contributed by atoms with van der Waals surface area (Å²) in [6.07, 6.45) is 3.72. The number of hydrogen-bond acceptors (Lipinski definition) is 4. The van der Waals surface area contributed by atoms with Gasteiger partial charge in [0.25, 0.3) is 0 Å². The van der Waals surface area contributed by atoms with Crippen molar-refractivity contribution in [3.8, 4) is 0 Å². The number of rotatable bonds is 11. The van der Waals surface area contributed by atoms with Gasteiger partial charge in [-0.1, -0.05) is 6.08 Å². The van der Waals surface area contributed by atoms with Crippen LogP contribution in [0, 0.1) is 0 Å². The largest absolute Gasteiger partial charge is 0.469 e. The number of allylic oxidation sites excluding steroid dienone is 1. The molecule has 0 aliphatic heterocycles. The van der Waals surface area contributed by atoms with Gasteiger partial charge in [0, 0.05) is 18.7 Å². The SMILES string of the molecule is CNC(=O)C(C)=CCCC[Si](O[Si](C)(C)C)(O[Si](C)(C)C)O[Si](C)(C)C. The van der Waals surface area contributed by atoms with Crippen molar-refractivity contribution in [3.63, 3.8) is 0 Å². The van der Waals surface area contributed by atoms with E-state index >= 15 is 0 Å². The molecule has 0 spiro atoms. The molecule has 0 aromatic carbocycles. The van der Waals surface area contributed by atoms with E-state index in [0.717, 1.165) is 24.5 Å². The Morgan fingerprint density at radius 1 is 0.846 bits per heavy atom. The molecule has 0 aliphatic carbocycles. The third-order valence-corrected chi connectivity index (χ3v) is 15.2. The lowest BCUT2D eigenvalue weighted by Gasteiger charge is -2.42. The highest BCUT2D eigenvalue weighted by molar-refractivity contribution is 6.90. The summed E-state index contributed by atoms with van der Waals surface area (Å²) >= 11 is 0. The van der Waals surface area contributed by atoms with Gasteiger partial charge in [-0.2, -0.15) is 0 Å². The summed E-state index contributed by atoms with van der Waals surface area (Å²) in [5.74, 6) is -0.0245. The molecule has 0 saturated heterocycles. The van der Waals surface area contributed by atoms with Crippen molar-refractivity contribution in [2.24, 2.45) is 0 Å². The lowest BCUT2D eigenvalue weighted by Crippen LogP contribution is -2.60. The van der Waals surface area contributed by atoms with Crippen molar-refractivity contribution < 1.29 is 17.1 Å².